The fraction of sp³-hybridized carbons (Fsp3) is 0.435. The molecule has 3 aromatic rings. The molecule has 6 N–H and O–H groups in total. The smallest absolute Gasteiger partial charge is 0.349 e. The third-order valence-corrected chi connectivity index (χ3v) is 4.69. The molecule has 0 radical (unpaired) electrons. The van der Waals surface area contributed by atoms with Gasteiger partial charge in [-0.1, -0.05) is 26.0 Å². The maximum atomic E-state index is 13.1. The fourth-order valence-corrected chi connectivity index (χ4v) is 3.17. The molecule has 0 saturated carbocycles. The molecular weight excluding hydrogens is 425 g/mol. The molecule has 2 aromatic heterocycles. The number of fused-ring (bicyclic) bond motifs is 1. The Balaban J connectivity index is 0.00000187. The molecule has 0 amide bonds. The van der Waals surface area contributed by atoms with E-state index < -0.39 is 0 Å². The van der Waals surface area contributed by atoms with Gasteiger partial charge in [0.15, 0.2) is 5.96 Å². The number of rotatable bonds is 11. The molecule has 0 aliphatic carbocycles. The van der Waals surface area contributed by atoms with Crippen molar-refractivity contribution in [2.24, 2.45) is 16.5 Å². The number of aliphatic imine (C=N–C) groups is 1. The molecular formula is C23H34FN7O2. The molecule has 0 aliphatic rings. The van der Waals surface area contributed by atoms with E-state index in [-0.39, 0.29) is 23.6 Å². The van der Waals surface area contributed by atoms with Gasteiger partial charge < -0.3 is 26.5 Å². The zero-order valence-electron chi connectivity index (χ0n) is 19.5. The number of aryl methyl sites for hydroxylation is 1. The zero-order valence-corrected chi connectivity index (χ0v) is 19.5. The van der Waals surface area contributed by atoms with E-state index in [0.29, 0.717) is 38.4 Å². The van der Waals surface area contributed by atoms with Crippen LogP contribution in [0.25, 0.3) is 11.0 Å². The van der Waals surface area contributed by atoms with E-state index in [1.807, 2.05) is 26.8 Å². The number of benzene rings is 1. The number of halogens is 1. The van der Waals surface area contributed by atoms with Gasteiger partial charge in [-0.2, -0.15) is 4.98 Å². The molecule has 1 unspecified atom stereocenters. The molecule has 1 atom stereocenters. The van der Waals surface area contributed by atoms with Gasteiger partial charge in [-0.25, -0.2) is 9.18 Å². The number of aromatic nitrogens is 3. The molecule has 0 saturated heterocycles. The highest BCUT2D eigenvalue weighted by Gasteiger charge is 2.13. The summed E-state index contributed by atoms with van der Waals surface area (Å²) in [5.41, 5.74) is 12.7. The quantitative estimate of drug-likeness (QED) is 0.197. The summed E-state index contributed by atoms with van der Waals surface area (Å²) in [6.07, 6.45) is 2.24. The lowest BCUT2D eigenvalue weighted by Crippen LogP contribution is -2.36. The fourth-order valence-electron chi connectivity index (χ4n) is 3.17. The van der Waals surface area contributed by atoms with Crippen LogP contribution in [0.5, 0.6) is 0 Å². The number of H-pyrrole nitrogens is 1. The van der Waals surface area contributed by atoms with Crippen molar-refractivity contribution in [3.05, 3.63) is 64.1 Å². The van der Waals surface area contributed by atoms with E-state index in [1.54, 1.807) is 22.9 Å². The Labute approximate surface area is 193 Å². The first kappa shape index (κ1) is 26.0. The highest BCUT2D eigenvalue weighted by Crippen LogP contribution is 2.11. The van der Waals surface area contributed by atoms with E-state index in [4.69, 9.17) is 16.2 Å². The number of guanidine groups is 1. The van der Waals surface area contributed by atoms with Crippen LogP contribution in [0.2, 0.25) is 0 Å². The Bertz CT molecular complexity index is 1070. The van der Waals surface area contributed by atoms with Gasteiger partial charge in [-0.15, -0.1) is 0 Å². The van der Waals surface area contributed by atoms with Crippen LogP contribution in [0.1, 0.15) is 31.5 Å². The van der Waals surface area contributed by atoms with Gasteiger partial charge in [0.2, 0.25) is 0 Å². The molecule has 0 fully saturated rings. The second-order valence-electron chi connectivity index (χ2n) is 7.36. The molecule has 0 bridgehead atoms. The van der Waals surface area contributed by atoms with E-state index in [1.165, 1.54) is 12.1 Å². The van der Waals surface area contributed by atoms with Crippen LogP contribution in [0.3, 0.4) is 0 Å². The molecule has 0 aliphatic heterocycles. The molecule has 0 spiro atoms. The van der Waals surface area contributed by atoms with Crippen LogP contribution in [-0.2, 0) is 17.9 Å². The Kier molecular flexibility index (Phi) is 10.5. The summed E-state index contributed by atoms with van der Waals surface area (Å²) >= 11 is 0. The van der Waals surface area contributed by atoms with Gasteiger partial charge in [0, 0.05) is 30.4 Å². The summed E-state index contributed by atoms with van der Waals surface area (Å²) < 4.78 is 20.7. The number of nitrogens with zero attached hydrogens (tertiary/aromatic N) is 3. The maximum absolute atomic E-state index is 13.1. The lowest BCUT2D eigenvalue weighted by molar-refractivity contribution is 0.0289. The molecule has 180 valence electrons. The predicted molar refractivity (Wildman–Crippen MR) is 130 cm³/mol. The third-order valence-electron chi connectivity index (χ3n) is 4.69. The monoisotopic (exact) mass is 459 g/mol. The van der Waals surface area contributed by atoms with Crippen LogP contribution < -0.4 is 22.5 Å². The Morgan fingerprint density at radius 3 is 2.73 bits per heavy atom. The topological polar surface area (TPSA) is 136 Å². The Morgan fingerprint density at radius 2 is 2.03 bits per heavy atom. The van der Waals surface area contributed by atoms with Crippen molar-refractivity contribution in [1.82, 2.24) is 19.9 Å². The van der Waals surface area contributed by atoms with Crippen molar-refractivity contribution in [3.8, 4) is 0 Å². The van der Waals surface area contributed by atoms with E-state index in [2.05, 4.69) is 20.3 Å². The van der Waals surface area contributed by atoms with Crippen molar-refractivity contribution in [3.63, 3.8) is 0 Å². The van der Waals surface area contributed by atoms with Crippen molar-refractivity contribution < 1.29 is 9.13 Å². The summed E-state index contributed by atoms with van der Waals surface area (Å²) in [6.45, 7) is 8.28. The summed E-state index contributed by atoms with van der Waals surface area (Å²) in [7, 11) is 0. The van der Waals surface area contributed by atoms with Crippen LogP contribution in [0.4, 0.5) is 4.39 Å². The van der Waals surface area contributed by atoms with Gasteiger partial charge in [0.05, 0.1) is 19.3 Å². The summed E-state index contributed by atoms with van der Waals surface area (Å²) in [5, 5.41) is 4.17. The lowest BCUT2D eigenvalue weighted by Gasteiger charge is -2.20. The van der Waals surface area contributed by atoms with Gasteiger partial charge in [-0.3, -0.25) is 9.56 Å². The Morgan fingerprint density at radius 1 is 1.30 bits per heavy atom. The second kappa shape index (κ2) is 13.3. The average Bonchev–Trinajstić information content (AvgIpc) is 3.15. The third kappa shape index (κ3) is 8.66. The number of nitrogens with one attached hydrogen (secondary N) is 2. The van der Waals surface area contributed by atoms with Crippen molar-refractivity contribution in [1.29, 1.82) is 0 Å². The largest absolute Gasteiger partial charge is 0.370 e. The summed E-state index contributed by atoms with van der Waals surface area (Å²) in [6, 6.07) is 8.09. The molecule has 2 heterocycles. The molecule has 3 rings (SSSR count). The standard InChI is InChI=1S/C21H28FN7O2.C2H6/c1-14-9-16-11-29(21(30)28-19(16)27-14)12-18(10-25-7-2-8-26-20(23)24)31-13-15-3-5-17(22)6-4-15;1-2/h3-6,9,11,18,25H,2,7-8,10,12-13H2,1H3,(H4,23,24,26)(H,27,28,30);1-2H3. The highest BCUT2D eigenvalue weighted by atomic mass is 19.1. The van der Waals surface area contributed by atoms with E-state index in [9.17, 15) is 9.18 Å². The molecule has 33 heavy (non-hydrogen) atoms. The zero-order chi connectivity index (χ0) is 24.2. The number of hydrogen-bond donors (Lipinski definition) is 4. The minimum atomic E-state index is -0.350. The average molecular weight is 460 g/mol. The molecule has 1 aromatic carbocycles. The normalized spacial score (nSPS) is 11.6. The number of ether oxygens (including phenoxy) is 1. The summed E-state index contributed by atoms with van der Waals surface area (Å²) in [4.78, 5) is 23.6. The first-order valence-corrected chi connectivity index (χ1v) is 11.1. The number of nitrogens with two attached hydrogens (primary N) is 2. The van der Waals surface area contributed by atoms with Crippen LogP contribution in [0, 0.1) is 12.7 Å². The van der Waals surface area contributed by atoms with Gasteiger partial charge in [0.1, 0.15) is 11.5 Å². The highest BCUT2D eigenvalue weighted by molar-refractivity contribution is 5.75. The van der Waals surface area contributed by atoms with Crippen LogP contribution >= 0.6 is 0 Å². The predicted octanol–water partition coefficient (Wildman–Crippen LogP) is 2.04. The SMILES string of the molecule is CC.Cc1cc2cn(CC(CNCCCN=C(N)N)OCc3ccc(F)cc3)c(=O)nc2[nH]1. The molecule has 9 nitrogen and oxygen atoms in total. The number of hydrogen-bond acceptors (Lipinski definition) is 5. The number of aromatic amines is 1. The first-order chi connectivity index (χ1) is 15.9. The van der Waals surface area contributed by atoms with Crippen molar-refractivity contribution in [2.75, 3.05) is 19.6 Å². The van der Waals surface area contributed by atoms with Gasteiger partial charge in [-0.05, 0) is 43.7 Å². The second-order valence-corrected chi connectivity index (χ2v) is 7.36. The van der Waals surface area contributed by atoms with Crippen LogP contribution in [0.15, 0.2) is 46.3 Å². The molecule has 10 heteroatoms. The van der Waals surface area contributed by atoms with Crippen LogP contribution in [-0.4, -0.2) is 46.2 Å². The summed E-state index contributed by atoms with van der Waals surface area (Å²) in [5.74, 6) is -0.224. The minimum absolute atomic E-state index is 0.0720. The van der Waals surface area contributed by atoms with E-state index in [0.717, 1.165) is 23.1 Å². The lowest BCUT2D eigenvalue weighted by atomic mass is 10.2. The first-order valence-electron chi connectivity index (χ1n) is 11.1. The van der Waals surface area contributed by atoms with Gasteiger partial charge >= 0.3 is 5.69 Å². The van der Waals surface area contributed by atoms with Gasteiger partial charge in [0.25, 0.3) is 0 Å². The minimum Gasteiger partial charge on any atom is -0.370 e. The van der Waals surface area contributed by atoms with Crippen molar-refractivity contribution >= 4 is 17.0 Å². The Hall–Kier alpha value is -3.24. The van der Waals surface area contributed by atoms with E-state index >= 15 is 0 Å². The van der Waals surface area contributed by atoms with Crippen molar-refractivity contribution in [2.45, 2.75) is 46.4 Å². The maximum Gasteiger partial charge on any atom is 0.349 e.